The lowest BCUT2D eigenvalue weighted by molar-refractivity contribution is 0.263. The second kappa shape index (κ2) is 22.5. The van der Waals surface area contributed by atoms with Crippen molar-refractivity contribution in [1.82, 2.24) is 0 Å². The predicted octanol–water partition coefficient (Wildman–Crippen LogP) is 29.2. The first-order valence-corrected chi connectivity index (χ1v) is 51.1. The van der Waals surface area contributed by atoms with Crippen molar-refractivity contribution in [2.75, 3.05) is 9.80 Å². The fourth-order valence-corrected chi connectivity index (χ4v) is 43.6. The SMILES string of the molecule is c1ccc(-c2ccc3c(N(c4cc(C56CC7CC(CC5C7)C6)cc(C56CC7CC(CC5C7)C6)c4)c4cc(C56CC7CC(CC5C7)C6)cc(C56CC7CC(CC5C7)C6)c4)c4ccccc4c(N(c4cc(C56CC7CC(CC5C7)C6)cc(C56CC7CC(CC5C7)C6)c4)c4cc(C56CC7CC(CC5C7)C6)cc(C56CC7CC(CC5C7)C6)c4)c3c2)cc1. The number of fused-ring (bicyclic) bond motifs is 2. The largest absolute Gasteiger partial charge is 0.309 e. The lowest BCUT2D eigenvalue weighted by Crippen LogP contribution is -2.32. The highest BCUT2D eigenvalue weighted by atomic mass is 15.2. The summed E-state index contributed by atoms with van der Waals surface area (Å²) in [6.45, 7) is 0. The first kappa shape index (κ1) is 67.4. The van der Waals surface area contributed by atoms with E-state index in [0.29, 0.717) is 0 Å². The third kappa shape index (κ3) is 8.57. The minimum absolute atomic E-state index is 0.281. The van der Waals surface area contributed by atoms with E-state index in [1.807, 2.05) is 0 Å². The van der Waals surface area contributed by atoms with Gasteiger partial charge in [0.25, 0.3) is 0 Å². The third-order valence-corrected chi connectivity index (χ3v) is 45.7. The van der Waals surface area contributed by atoms with Gasteiger partial charge in [0.05, 0.1) is 11.4 Å². The standard InChI is InChI=1S/C116H128N2/c1-2-6-81(7-3-1)82-10-11-105-106(36-82)108(118(101-45-95(113-57-73-16-74(58-113)29-87(113)28-73)39-96(46-101)114-59-75-17-76(60-114)31-88(114)30-75)102-47-97(115-61-77-18-78(62-115)33-89(115)32-77)40-98(48-102)116-63-79-19-80(64-116)35-90(116)34-79)104-9-5-4-8-103(104)107(105)117(99-41-91(109-49-65-12-66(50-109)21-83(109)20-65)37-92(42-99)110-51-67-13-68(52-110)23-84(110)22-67)100-43-93(111-53-69-14-70(54-111)25-85(111)24-69)38-94(44-100)112-55-71-15-72(56-112)27-86(112)26-71/h1-11,36-48,65-80,83-90H,12-35,49-64H2. The molecule has 0 aromatic heterocycles. The second-order valence-electron chi connectivity index (χ2n) is 50.7. The van der Waals surface area contributed by atoms with Crippen LogP contribution in [0.3, 0.4) is 0 Å². The van der Waals surface area contributed by atoms with E-state index in [2.05, 4.69) is 155 Å². The molecule has 32 saturated carbocycles. The number of hydrogen-bond donors (Lipinski definition) is 0. The summed E-state index contributed by atoms with van der Waals surface area (Å²) in [6.07, 6.45) is 58.4. The van der Waals surface area contributed by atoms with Crippen molar-refractivity contribution in [1.29, 1.82) is 0 Å². The molecule has 8 aromatic rings. The van der Waals surface area contributed by atoms with Crippen molar-refractivity contribution in [2.24, 2.45) is 142 Å². The van der Waals surface area contributed by atoms with Crippen LogP contribution in [-0.2, 0) is 43.3 Å². The van der Waals surface area contributed by atoms with E-state index >= 15 is 0 Å². The molecule has 0 aliphatic heterocycles. The van der Waals surface area contributed by atoms with Crippen molar-refractivity contribution in [3.63, 3.8) is 0 Å². The van der Waals surface area contributed by atoms with Crippen LogP contribution in [0.15, 0.2) is 146 Å². The van der Waals surface area contributed by atoms with Gasteiger partial charge in [-0.3, -0.25) is 0 Å². The summed E-state index contributed by atoms with van der Waals surface area (Å²) in [7, 11) is 0. The molecule has 602 valence electrons. The molecule has 16 unspecified atom stereocenters. The Hall–Kier alpha value is -6.12. The molecule has 118 heavy (non-hydrogen) atoms. The molecule has 0 amide bonds. The molecule has 8 aromatic carbocycles. The van der Waals surface area contributed by atoms with Crippen LogP contribution in [0, 0.1) is 142 Å². The molecule has 0 spiro atoms. The first-order chi connectivity index (χ1) is 57.8. The Morgan fingerprint density at radius 2 is 0.364 bits per heavy atom. The number of rotatable bonds is 15. The molecule has 32 fully saturated rings. The van der Waals surface area contributed by atoms with E-state index in [4.69, 9.17) is 0 Å². The maximum atomic E-state index is 3.20. The van der Waals surface area contributed by atoms with Gasteiger partial charge in [0.1, 0.15) is 0 Å². The minimum Gasteiger partial charge on any atom is -0.309 e. The van der Waals surface area contributed by atoms with Gasteiger partial charge in [-0.05, 0) is 552 Å². The summed E-state index contributed by atoms with van der Waals surface area (Å²) in [6, 6.07) is 67.2. The van der Waals surface area contributed by atoms with Crippen LogP contribution in [-0.4, -0.2) is 0 Å². The summed E-state index contributed by atoms with van der Waals surface area (Å²) in [5, 5.41) is 5.92. The summed E-state index contributed by atoms with van der Waals surface area (Å²) in [5.41, 5.74) is 28.5. The van der Waals surface area contributed by atoms with E-state index in [9.17, 15) is 0 Å². The van der Waals surface area contributed by atoms with Crippen LogP contribution >= 0.6 is 0 Å². The van der Waals surface area contributed by atoms with Crippen molar-refractivity contribution in [2.45, 2.75) is 300 Å². The Bertz CT molecular complexity index is 5110. The van der Waals surface area contributed by atoms with Crippen LogP contribution in [0.2, 0.25) is 0 Å². The Morgan fingerprint density at radius 3 is 0.585 bits per heavy atom. The topological polar surface area (TPSA) is 6.48 Å². The molecule has 0 saturated heterocycles. The number of hydrogen-bond acceptors (Lipinski definition) is 2. The van der Waals surface area contributed by atoms with E-state index < -0.39 is 0 Å². The molecule has 40 rings (SSSR count). The Morgan fingerprint density at radius 1 is 0.169 bits per heavy atom. The van der Waals surface area contributed by atoms with Gasteiger partial charge in [-0.2, -0.15) is 0 Å². The molecule has 2 heteroatoms. The first-order valence-electron chi connectivity index (χ1n) is 51.1. The highest BCUT2D eigenvalue weighted by Crippen LogP contribution is 2.77. The van der Waals surface area contributed by atoms with Gasteiger partial charge in [0, 0.05) is 44.3 Å². The van der Waals surface area contributed by atoms with Crippen LogP contribution in [0.5, 0.6) is 0 Å². The van der Waals surface area contributed by atoms with Crippen LogP contribution in [0.4, 0.5) is 34.1 Å². The lowest BCUT2D eigenvalue weighted by atomic mass is 9.66. The fraction of sp³-hybridized carbons (Fsp3) is 0.621. The van der Waals surface area contributed by atoms with E-state index in [0.717, 1.165) is 142 Å². The molecule has 32 aliphatic rings. The predicted molar refractivity (Wildman–Crippen MR) is 478 cm³/mol. The van der Waals surface area contributed by atoms with Gasteiger partial charge in [0.15, 0.2) is 0 Å². The summed E-state index contributed by atoms with van der Waals surface area (Å²) >= 11 is 0. The van der Waals surface area contributed by atoms with E-state index in [-0.39, 0.29) is 43.3 Å². The maximum Gasteiger partial charge on any atom is 0.0620 e. The molecule has 0 heterocycles. The zero-order valence-electron chi connectivity index (χ0n) is 70.9. The van der Waals surface area contributed by atoms with Gasteiger partial charge in [-0.25, -0.2) is 0 Å². The molecule has 16 atom stereocenters. The fourth-order valence-electron chi connectivity index (χ4n) is 43.6. The Kier molecular flexibility index (Phi) is 12.9. The second-order valence-corrected chi connectivity index (χ2v) is 50.7. The minimum atomic E-state index is 0.281. The number of anilines is 6. The van der Waals surface area contributed by atoms with Gasteiger partial charge in [-0.1, -0.05) is 91.0 Å². The quantitative estimate of drug-likeness (QED) is 0.0746. The summed E-state index contributed by atoms with van der Waals surface area (Å²) in [4.78, 5) is 6.40. The number of benzene rings is 8. The monoisotopic (exact) mass is 1550 g/mol. The summed E-state index contributed by atoms with van der Waals surface area (Å²) in [5.74, 6) is 21.0. The molecular weight excluding hydrogens is 1420 g/mol. The number of nitrogens with zero attached hydrogens (tertiary/aromatic N) is 2. The smallest absolute Gasteiger partial charge is 0.0620 e. The molecule has 32 aliphatic carbocycles. The van der Waals surface area contributed by atoms with Gasteiger partial charge in [-0.15, -0.1) is 0 Å². The van der Waals surface area contributed by atoms with E-state index in [1.54, 1.807) is 55.9 Å². The molecular formula is C116H128N2. The van der Waals surface area contributed by atoms with Crippen LogP contribution in [0.25, 0.3) is 32.7 Å². The average Bonchev–Trinajstić information content (AvgIpc) is 1.51. The van der Waals surface area contributed by atoms with Crippen molar-refractivity contribution < 1.29 is 0 Å². The van der Waals surface area contributed by atoms with E-state index in [1.165, 1.54) is 312 Å². The molecule has 32 bridgehead atoms. The van der Waals surface area contributed by atoms with Crippen molar-refractivity contribution in [3.8, 4) is 11.1 Å². The van der Waals surface area contributed by atoms with Gasteiger partial charge in [0.2, 0.25) is 0 Å². The Labute approximate surface area is 704 Å². The van der Waals surface area contributed by atoms with Gasteiger partial charge < -0.3 is 9.80 Å². The van der Waals surface area contributed by atoms with Crippen molar-refractivity contribution >= 4 is 55.7 Å². The van der Waals surface area contributed by atoms with Crippen LogP contribution < -0.4 is 9.80 Å². The highest BCUT2D eigenvalue weighted by molar-refractivity contribution is 6.24. The maximum absolute atomic E-state index is 3.20. The molecule has 0 radical (unpaired) electrons. The molecule has 2 nitrogen and oxygen atoms in total. The average molecular weight is 1550 g/mol. The lowest BCUT2D eigenvalue weighted by Gasteiger charge is -2.42. The zero-order chi connectivity index (χ0) is 75.8. The van der Waals surface area contributed by atoms with Gasteiger partial charge >= 0.3 is 0 Å². The normalized spacial score (nSPS) is 48.1. The Balaban J connectivity index is 0.709. The molecule has 0 N–H and O–H groups in total. The third-order valence-electron chi connectivity index (χ3n) is 45.7. The summed E-state index contributed by atoms with van der Waals surface area (Å²) < 4.78 is 0. The van der Waals surface area contributed by atoms with Crippen LogP contribution in [0.1, 0.15) is 301 Å². The van der Waals surface area contributed by atoms with Crippen molar-refractivity contribution in [3.05, 3.63) is 190 Å². The zero-order valence-corrected chi connectivity index (χ0v) is 70.9. The highest BCUT2D eigenvalue weighted by Gasteiger charge is 2.68.